The molecule has 3 aromatic carbocycles. The molecule has 3 atom stereocenters. The predicted molar refractivity (Wildman–Crippen MR) is 126 cm³/mol. The summed E-state index contributed by atoms with van der Waals surface area (Å²) in [5.41, 5.74) is 1.36. The van der Waals surface area contributed by atoms with E-state index in [2.05, 4.69) is 15.9 Å². The molecule has 0 spiro atoms. The lowest BCUT2D eigenvalue weighted by Gasteiger charge is -2.28. The van der Waals surface area contributed by atoms with E-state index >= 15 is 0 Å². The molecule has 10 heteroatoms. The largest absolute Gasteiger partial charge is 0.497 e. The van der Waals surface area contributed by atoms with Gasteiger partial charge in [-0.05, 0) is 48.0 Å². The number of carbonyl (C=O) groups is 2. The molecule has 0 bridgehead atoms. The van der Waals surface area contributed by atoms with E-state index in [9.17, 15) is 19.7 Å². The molecule has 172 valence electrons. The monoisotopic (exact) mass is 523 g/mol. The van der Waals surface area contributed by atoms with Crippen molar-refractivity contribution in [1.82, 2.24) is 0 Å². The second-order valence-corrected chi connectivity index (χ2v) is 8.78. The minimum atomic E-state index is -1.08. The van der Waals surface area contributed by atoms with Gasteiger partial charge in [0.2, 0.25) is 5.91 Å². The first-order valence-electron chi connectivity index (χ1n) is 10.4. The number of halogens is 1. The van der Waals surface area contributed by atoms with Crippen LogP contribution in [0.15, 0.2) is 77.3 Å². The van der Waals surface area contributed by atoms with Crippen LogP contribution in [-0.4, -0.2) is 30.0 Å². The highest BCUT2D eigenvalue weighted by Gasteiger charge is 2.60. The van der Waals surface area contributed by atoms with Crippen LogP contribution in [0.3, 0.4) is 0 Å². The van der Waals surface area contributed by atoms with Crippen LogP contribution in [0.25, 0.3) is 0 Å². The highest BCUT2D eigenvalue weighted by Crippen LogP contribution is 2.48. The summed E-state index contributed by atoms with van der Waals surface area (Å²) >= 11 is 3.36. The summed E-state index contributed by atoms with van der Waals surface area (Å²) in [4.78, 5) is 45.0. The summed E-state index contributed by atoms with van der Waals surface area (Å²) in [6.45, 7) is 0. The number of benzene rings is 3. The number of hydroxylamine groups is 1. The Kier molecular flexibility index (Phi) is 5.54. The molecule has 2 aliphatic rings. The molecule has 0 unspecified atom stereocenters. The Bertz CT molecular complexity index is 1300. The van der Waals surface area contributed by atoms with E-state index in [1.165, 1.54) is 30.4 Å². The Hall–Kier alpha value is -3.76. The van der Waals surface area contributed by atoms with Gasteiger partial charge in [0, 0.05) is 16.6 Å². The van der Waals surface area contributed by atoms with Gasteiger partial charge < -0.3 is 4.74 Å². The Labute approximate surface area is 202 Å². The number of methoxy groups -OCH3 is 1. The maximum absolute atomic E-state index is 13.6. The molecule has 2 fully saturated rings. The fourth-order valence-corrected chi connectivity index (χ4v) is 4.66. The zero-order valence-corrected chi connectivity index (χ0v) is 19.4. The molecule has 0 saturated carbocycles. The predicted octanol–water partition coefficient (Wildman–Crippen LogP) is 4.42. The van der Waals surface area contributed by atoms with E-state index in [1.54, 1.807) is 48.5 Å². The number of anilines is 2. The van der Waals surface area contributed by atoms with Gasteiger partial charge in [0.15, 0.2) is 6.10 Å². The highest BCUT2D eigenvalue weighted by molar-refractivity contribution is 9.10. The molecule has 0 N–H and O–H groups in total. The van der Waals surface area contributed by atoms with Gasteiger partial charge >= 0.3 is 0 Å². The van der Waals surface area contributed by atoms with Crippen LogP contribution >= 0.6 is 15.9 Å². The maximum Gasteiger partial charge on any atom is 0.271 e. The van der Waals surface area contributed by atoms with Crippen molar-refractivity contribution in [2.45, 2.75) is 12.1 Å². The number of ether oxygens (including phenoxy) is 1. The number of carbonyl (C=O) groups excluding carboxylic acids is 2. The average molecular weight is 524 g/mol. The summed E-state index contributed by atoms with van der Waals surface area (Å²) in [7, 11) is 1.53. The van der Waals surface area contributed by atoms with Crippen LogP contribution in [0, 0.1) is 16.0 Å². The minimum absolute atomic E-state index is 0.128. The van der Waals surface area contributed by atoms with Crippen LogP contribution in [-0.2, 0) is 14.4 Å². The maximum atomic E-state index is 13.6. The number of rotatable bonds is 5. The summed E-state index contributed by atoms with van der Waals surface area (Å²) in [6, 6.07) is 19.2. The molecule has 0 aromatic heterocycles. The lowest BCUT2D eigenvalue weighted by molar-refractivity contribution is -0.384. The number of nitrogens with zero attached hydrogens (tertiary/aromatic N) is 3. The third kappa shape index (κ3) is 3.61. The van der Waals surface area contributed by atoms with Crippen molar-refractivity contribution < 1.29 is 24.1 Å². The number of fused-ring (bicyclic) bond motifs is 1. The average Bonchev–Trinajstić information content (AvgIpc) is 3.36. The highest BCUT2D eigenvalue weighted by atomic mass is 79.9. The van der Waals surface area contributed by atoms with Crippen molar-refractivity contribution in [2.24, 2.45) is 5.92 Å². The number of amides is 2. The van der Waals surface area contributed by atoms with Gasteiger partial charge in [0.25, 0.3) is 11.6 Å². The van der Waals surface area contributed by atoms with Gasteiger partial charge in [-0.1, -0.05) is 34.1 Å². The molecule has 2 amide bonds. The third-order valence-corrected chi connectivity index (χ3v) is 6.46. The standard InChI is InChI=1S/C24H18BrN3O6/c1-33-19-7-2-4-14(12-19)21-20-22(34-27(21)17-5-3-6-18(13-17)28(31)32)24(30)26(23(20)29)16-10-8-15(25)9-11-16/h2-13,20-22H,1H3/t20-,21+,22-/m0/s1. The minimum Gasteiger partial charge on any atom is -0.497 e. The molecule has 9 nitrogen and oxygen atoms in total. The van der Waals surface area contributed by atoms with Crippen molar-refractivity contribution >= 4 is 44.8 Å². The van der Waals surface area contributed by atoms with Crippen molar-refractivity contribution in [3.63, 3.8) is 0 Å². The normalized spacial score (nSPS) is 21.6. The molecule has 3 aromatic rings. The van der Waals surface area contributed by atoms with Crippen LogP contribution in [0.2, 0.25) is 0 Å². The second-order valence-electron chi connectivity index (χ2n) is 7.86. The Morgan fingerprint density at radius 2 is 1.71 bits per heavy atom. The number of nitro benzene ring substituents is 1. The molecular weight excluding hydrogens is 506 g/mol. The second kappa shape index (κ2) is 8.54. The van der Waals surface area contributed by atoms with E-state index in [1.807, 2.05) is 6.07 Å². The van der Waals surface area contributed by atoms with Crippen molar-refractivity contribution in [3.8, 4) is 5.75 Å². The SMILES string of the molecule is COc1cccc([C@@H]2[C@@H]3C(=O)N(c4ccc(Br)cc4)C(=O)[C@H]3ON2c2cccc([N+](=O)[O-])c2)c1. The summed E-state index contributed by atoms with van der Waals surface area (Å²) in [6.07, 6.45) is -1.08. The fourth-order valence-electron chi connectivity index (χ4n) is 4.39. The fraction of sp³-hybridized carbons (Fsp3) is 0.167. The summed E-state index contributed by atoms with van der Waals surface area (Å²) in [5.74, 6) is -1.18. The van der Waals surface area contributed by atoms with Gasteiger partial charge in [0.05, 0.1) is 29.4 Å². The summed E-state index contributed by atoms with van der Waals surface area (Å²) in [5, 5.41) is 12.8. The van der Waals surface area contributed by atoms with Crippen LogP contribution in [0.1, 0.15) is 11.6 Å². The molecule has 2 heterocycles. The molecule has 0 radical (unpaired) electrons. The third-order valence-electron chi connectivity index (χ3n) is 5.93. The van der Waals surface area contributed by atoms with Crippen LogP contribution in [0.5, 0.6) is 5.75 Å². The van der Waals surface area contributed by atoms with Crippen LogP contribution in [0.4, 0.5) is 17.1 Å². The van der Waals surface area contributed by atoms with Crippen molar-refractivity contribution in [3.05, 3.63) is 92.9 Å². The van der Waals surface area contributed by atoms with E-state index in [-0.39, 0.29) is 5.69 Å². The van der Waals surface area contributed by atoms with E-state index in [4.69, 9.17) is 9.57 Å². The van der Waals surface area contributed by atoms with Gasteiger partial charge in [-0.15, -0.1) is 0 Å². The first-order valence-corrected chi connectivity index (χ1v) is 11.2. The molecule has 0 aliphatic carbocycles. The first kappa shape index (κ1) is 22.1. The first-order chi connectivity index (χ1) is 16.4. The zero-order valence-electron chi connectivity index (χ0n) is 17.8. The lowest BCUT2D eigenvalue weighted by Crippen LogP contribution is -2.37. The lowest BCUT2D eigenvalue weighted by atomic mass is 9.90. The zero-order chi connectivity index (χ0) is 24.0. The molecule has 2 aliphatic heterocycles. The van der Waals surface area contributed by atoms with Gasteiger partial charge in [0.1, 0.15) is 11.7 Å². The molecule has 34 heavy (non-hydrogen) atoms. The van der Waals surface area contributed by atoms with Crippen molar-refractivity contribution in [1.29, 1.82) is 0 Å². The van der Waals surface area contributed by atoms with Crippen LogP contribution < -0.4 is 14.7 Å². The van der Waals surface area contributed by atoms with Gasteiger partial charge in [-0.3, -0.25) is 24.5 Å². The number of hydrogen-bond donors (Lipinski definition) is 0. The van der Waals surface area contributed by atoms with E-state index in [0.29, 0.717) is 22.7 Å². The summed E-state index contributed by atoms with van der Waals surface area (Å²) < 4.78 is 6.17. The van der Waals surface area contributed by atoms with Gasteiger partial charge in [-0.2, -0.15) is 0 Å². The quantitative estimate of drug-likeness (QED) is 0.277. The molecule has 2 saturated heterocycles. The Morgan fingerprint density at radius 3 is 2.41 bits per heavy atom. The number of nitro groups is 1. The van der Waals surface area contributed by atoms with E-state index < -0.39 is 34.8 Å². The Morgan fingerprint density at radius 1 is 0.971 bits per heavy atom. The number of non-ortho nitro benzene ring substituents is 1. The Balaban J connectivity index is 1.60. The van der Waals surface area contributed by atoms with E-state index in [0.717, 1.165) is 9.37 Å². The molecule has 5 rings (SSSR count). The van der Waals surface area contributed by atoms with Gasteiger partial charge in [-0.25, -0.2) is 9.96 Å². The number of imide groups is 1. The van der Waals surface area contributed by atoms with Crippen molar-refractivity contribution in [2.75, 3.05) is 17.1 Å². The smallest absolute Gasteiger partial charge is 0.271 e. The molecular formula is C24H18BrN3O6. The topological polar surface area (TPSA) is 102 Å². The number of hydrogen-bond acceptors (Lipinski definition) is 7.